The van der Waals surface area contributed by atoms with Gasteiger partial charge in [-0.25, -0.2) is 4.79 Å². The number of nitrogens with one attached hydrogen (secondary N) is 1. The first-order valence-corrected chi connectivity index (χ1v) is 6.86. The molecule has 5 nitrogen and oxygen atoms in total. The summed E-state index contributed by atoms with van der Waals surface area (Å²) >= 11 is 0. The molecule has 0 spiro atoms. The Balaban J connectivity index is 1.95. The Morgan fingerprint density at radius 1 is 1.30 bits per heavy atom. The van der Waals surface area contributed by atoms with E-state index in [4.69, 9.17) is 9.84 Å². The van der Waals surface area contributed by atoms with E-state index >= 15 is 0 Å². The Morgan fingerprint density at radius 2 is 1.95 bits per heavy atom. The van der Waals surface area contributed by atoms with Crippen LogP contribution in [-0.4, -0.2) is 35.7 Å². The molecule has 1 aromatic rings. The highest BCUT2D eigenvalue weighted by molar-refractivity contribution is 5.96. The van der Waals surface area contributed by atoms with Crippen LogP contribution in [0.3, 0.4) is 0 Å². The fraction of sp³-hybridized carbons (Fsp3) is 0.467. The van der Waals surface area contributed by atoms with Crippen molar-refractivity contribution in [2.45, 2.75) is 38.3 Å². The van der Waals surface area contributed by atoms with Gasteiger partial charge in [-0.05, 0) is 43.5 Å². The van der Waals surface area contributed by atoms with Gasteiger partial charge in [0.25, 0.3) is 5.91 Å². The standard InChI is InChI=1S/C15H19NO4/c1-2-13-9-12(7-8-20-13)16-14(17)10-3-5-11(6-4-10)15(18)19/h3-6,12-13H,2,7-9H2,1H3,(H,16,17)(H,18,19)/t12-,13-/m0/s1. The van der Waals surface area contributed by atoms with E-state index in [0.717, 1.165) is 19.3 Å². The van der Waals surface area contributed by atoms with Gasteiger partial charge < -0.3 is 15.2 Å². The highest BCUT2D eigenvalue weighted by Gasteiger charge is 2.23. The molecule has 1 aliphatic rings. The van der Waals surface area contributed by atoms with Crippen LogP contribution in [0.1, 0.15) is 46.9 Å². The molecule has 5 heteroatoms. The first-order chi connectivity index (χ1) is 9.60. The molecule has 2 atom stereocenters. The van der Waals surface area contributed by atoms with Gasteiger partial charge in [0.1, 0.15) is 0 Å². The van der Waals surface area contributed by atoms with Gasteiger partial charge in [-0.2, -0.15) is 0 Å². The molecule has 108 valence electrons. The Morgan fingerprint density at radius 3 is 2.55 bits per heavy atom. The Labute approximate surface area is 117 Å². The number of carboxylic acid groups (broad SMARTS) is 1. The van der Waals surface area contributed by atoms with Crippen LogP contribution in [0.4, 0.5) is 0 Å². The smallest absolute Gasteiger partial charge is 0.335 e. The maximum absolute atomic E-state index is 12.1. The van der Waals surface area contributed by atoms with E-state index in [-0.39, 0.29) is 23.6 Å². The van der Waals surface area contributed by atoms with Crippen LogP contribution in [0.25, 0.3) is 0 Å². The second kappa shape index (κ2) is 6.52. The van der Waals surface area contributed by atoms with Gasteiger partial charge >= 0.3 is 5.97 Å². The summed E-state index contributed by atoms with van der Waals surface area (Å²) < 4.78 is 5.57. The van der Waals surface area contributed by atoms with Gasteiger partial charge in [-0.3, -0.25) is 4.79 Å². The van der Waals surface area contributed by atoms with Crippen LogP contribution in [0, 0.1) is 0 Å². The highest BCUT2D eigenvalue weighted by atomic mass is 16.5. The second-order valence-electron chi connectivity index (χ2n) is 4.98. The first kappa shape index (κ1) is 14.5. The van der Waals surface area contributed by atoms with Crippen molar-refractivity contribution in [3.63, 3.8) is 0 Å². The van der Waals surface area contributed by atoms with Gasteiger partial charge in [-0.15, -0.1) is 0 Å². The lowest BCUT2D eigenvalue weighted by molar-refractivity contribution is 0.000618. The molecule has 0 saturated carbocycles. The molecule has 1 saturated heterocycles. The van der Waals surface area contributed by atoms with E-state index in [1.165, 1.54) is 24.3 Å². The predicted octanol–water partition coefficient (Wildman–Crippen LogP) is 2.07. The van der Waals surface area contributed by atoms with Crippen LogP contribution < -0.4 is 5.32 Å². The number of rotatable bonds is 4. The summed E-state index contributed by atoms with van der Waals surface area (Å²) in [6.45, 7) is 2.74. The number of carbonyl (C=O) groups excluding carboxylic acids is 1. The molecule has 0 radical (unpaired) electrons. The Bertz CT molecular complexity index is 483. The normalized spacial score (nSPS) is 22.2. The minimum Gasteiger partial charge on any atom is -0.478 e. The van der Waals surface area contributed by atoms with Crippen molar-refractivity contribution in [3.8, 4) is 0 Å². The maximum Gasteiger partial charge on any atom is 0.335 e. The summed E-state index contributed by atoms with van der Waals surface area (Å²) in [5, 5.41) is 11.8. The fourth-order valence-electron chi connectivity index (χ4n) is 2.33. The van der Waals surface area contributed by atoms with E-state index in [0.29, 0.717) is 12.2 Å². The van der Waals surface area contributed by atoms with Crippen LogP contribution in [0.15, 0.2) is 24.3 Å². The first-order valence-electron chi connectivity index (χ1n) is 6.86. The summed E-state index contributed by atoms with van der Waals surface area (Å²) in [6, 6.07) is 6.08. The van der Waals surface area contributed by atoms with Crippen molar-refractivity contribution in [1.82, 2.24) is 5.32 Å². The fourth-order valence-corrected chi connectivity index (χ4v) is 2.33. The monoisotopic (exact) mass is 277 g/mol. The summed E-state index contributed by atoms with van der Waals surface area (Å²) in [7, 11) is 0. The lowest BCUT2D eigenvalue weighted by Gasteiger charge is -2.29. The number of hydrogen-bond acceptors (Lipinski definition) is 3. The topological polar surface area (TPSA) is 75.6 Å². The van der Waals surface area contributed by atoms with Gasteiger partial charge in [0.15, 0.2) is 0 Å². The van der Waals surface area contributed by atoms with Gasteiger partial charge in [-0.1, -0.05) is 6.92 Å². The Hall–Kier alpha value is -1.88. The van der Waals surface area contributed by atoms with E-state index in [9.17, 15) is 9.59 Å². The number of amides is 1. The Kier molecular flexibility index (Phi) is 4.74. The van der Waals surface area contributed by atoms with Crippen LogP contribution in [0.5, 0.6) is 0 Å². The van der Waals surface area contributed by atoms with Gasteiger partial charge in [0.05, 0.1) is 11.7 Å². The molecule has 0 unspecified atom stereocenters. The zero-order chi connectivity index (χ0) is 14.5. The second-order valence-corrected chi connectivity index (χ2v) is 4.98. The lowest BCUT2D eigenvalue weighted by Crippen LogP contribution is -2.41. The minimum absolute atomic E-state index is 0.125. The van der Waals surface area contributed by atoms with Crippen LogP contribution >= 0.6 is 0 Å². The van der Waals surface area contributed by atoms with E-state index in [1.807, 2.05) is 0 Å². The van der Waals surface area contributed by atoms with E-state index in [2.05, 4.69) is 12.2 Å². The largest absolute Gasteiger partial charge is 0.478 e. The molecule has 2 rings (SSSR count). The highest BCUT2D eigenvalue weighted by Crippen LogP contribution is 2.17. The van der Waals surface area contributed by atoms with E-state index < -0.39 is 5.97 Å². The summed E-state index contributed by atoms with van der Waals surface area (Å²) in [5.74, 6) is -1.16. The molecular weight excluding hydrogens is 258 g/mol. The molecule has 0 aliphatic carbocycles. The molecule has 1 aliphatic heterocycles. The average molecular weight is 277 g/mol. The predicted molar refractivity (Wildman–Crippen MR) is 73.9 cm³/mol. The van der Waals surface area contributed by atoms with Crippen molar-refractivity contribution < 1.29 is 19.4 Å². The zero-order valence-corrected chi connectivity index (χ0v) is 11.5. The third-order valence-electron chi connectivity index (χ3n) is 3.55. The third kappa shape index (κ3) is 3.57. The molecule has 1 fully saturated rings. The number of benzene rings is 1. The molecule has 2 N–H and O–H groups in total. The van der Waals surface area contributed by atoms with Gasteiger partial charge in [0.2, 0.25) is 0 Å². The van der Waals surface area contributed by atoms with Crippen molar-refractivity contribution in [2.24, 2.45) is 0 Å². The quantitative estimate of drug-likeness (QED) is 0.883. The van der Waals surface area contributed by atoms with Crippen molar-refractivity contribution in [3.05, 3.63) is 35.4 Å². The van der Waals surface area contributed by atoms with Crippen molar-refractivity contribution in [2.75, 3.05) is 6.61 Å². The number of aromatic carboxylic acids is 1. The van der Waals surface area contributed by atoms with Crippen molar-refractivity contribution in [1.29, 1.82) is 0 Å². The number of carbonyl (C=O) groups is 2. The average Bonchev–Trinajstić information content (AvgIpc) is 2.47. The summed E-state index contributed by atoms with van der Waals surface area (Å²) in [5.41, 5.74) is 0.660. The molecule has 1 amide bonds. The molecular formula is C15H19NO4. The van der Waals surface area contributed by atoms with Crippen molar-refractivity contribution >= 4 is 11.9 Å². The molecule has 1 aromatic carbocycles. The number of ether oxygens (including phenoxy) is 1. The lowest BCUT2D eigenvalue weighted by atomic mass is 10.0. The molecule has 0 bridgehead atoms. The third-order valence-corrected chi connectivity index (χ3v) is 3.55. The van der Waals surface area contributed by atoms with Gasteiger partial charge in [0, 0.05) is 18.2 Å². The minimum atomic E-state index is -0.993. The maximum atomic E-state index is 12.1. The van der Waals surface area contributed by atoms with Crippen LogP contribution in [0.2, 0.25) is 0 Å². The molecule has 20 heavy (non-hydrogen) atoms. The summed E-state index contributed by atoms with van der Waals surface area (Å²) in [6.07, 6.45) is 2.80. The van der Waals surface area contributed by atoms with E-state index in [1.54, 1.807) is 0 Å². The number of carboxylic acids is 1. The molecule has 1 heterocycles. The van der Waals surface area contributed by atoms with Crippen LogP contribution in [-0.2, 0) is 4.74 Å². The zero-order valence-electron chi connectivity index (χ0n) is 11.5. The summed E-state index contributed by atoms with van der Waals surface area (Å²) in [4.78, 5) is 22.8. The molecule has 0 aromatic heterocycles. The number of hydrogen-bond donors (Lipinski definition) is 2. The SMILES string of the molecule is CC[C@H]1C[C@@H](NC(=O)c2ccc(C(=O)O)cc2)CCO1.